The highest BCUT2D eigenvalue weighted by molar-refractivity contribution is 8.14. The van der Waals surface area contributed by atoms with E-state index in [1.165, 1.54) is 5.01 Å². The third-order valence-corrected chi connectivity index (χ3v) is 15.5. The van der Waals surface area contributed by atoms with Gasteiger partial charge in [0.25, 0.3) is 5.91 Å². The Balaban J connectivity index is 1.30. The number of thioether (sulfide) groups is 1. The lowest BCUT2D eigenvalue weighted by molar-refractivity contribution is -0.156. The summed E-state index contributed by atoms with van der Waals surface area (Å²) in [5.74, 6) is -0.0517. The largest absolute Gasteiger partial charge is 0.464 e. The van der Waals surface area contributed by atoms with Crippen molar-refractivity contribution in [3.05, 3.63) is 47.3 Å². The zero-order valence-corrected chi connectivity index (χ0v) is 41.5. The molecule has 6 bridgehead atoms. The molecule has 1 unspecified atom stereocenters. The van der Waals surface area contributed by atoms with Gasteiger partial charge < -0.3 is 38.6 Å². The minimum absolute atomic E-state index is 0.0551. The number of benzene rings is 1. The van der Waals surface area contributed by atoms with Gasteiger partial charge in [0.05, 0.1) is 54.7 Å². The number of hydrogen-bond donors (Lipinski definition) is 2. The molecule has 1 aliphatic carbocycles. The number of piperazine rings is 1. The molecule has 15 nitrogen and oxygen atoms in total. The number of ether oxygens (including phenoxy) is 4. The van der Waals surface area contributed by atoms with Gasteiger partial charge in [-0.05, 0) is 95.2 Å². The first-order chi connectivity index (χ1) is 31.6. The van der Waals surface area contributed by atoms with Crippen LogP contribution in [-0.4, -0.2) is 139 Å². The van der Waals surface area contributed by atoms with Crippen molar-refractivity contribution in [2.45, 2.75) is 118 Å². The van der Waals surface area contributed by atoms with Crippen molar-refractivity contribution >= 4 is 51.2 Å². The fraction of sp³-hybridized carbons (Fsp3) is 0.660. The van der Waals surface area contributed by atoms with Gasteiger partial charge in [0.2, 0.25) is 5.91 Å². The second kappa shape index (κ2) is 20.3. The molecule has 2 N–H and O–H groups in total. The van der Waals surface area contributed by atoms with Gasteiger partial charge in [-0.1, -0.05) is 33.8 Å². The highest BCUT2D eigenvalue weighted by Gasteiger charge is 2.50. The lowest BCUT2D eigenvalue weighted by Crippen LogP contribution is -2.63. The lowest BCUT2D eigenvalue weighted by atomic mass is 9.84. The maximum atomic E-state index is 14.7. The van der Waals surface area contributed by atoms with Crippen LogP contribution in [0.5, 0.6) is 0 Å². The van der Waals surface area contributed by atoms with Crippen LogP contribution in [0, 0.1) is 23.2 Å². The number of carbonyl (C=O) groups excluding carboxylic acids is 3. The van der Waals surface area contributed by atoms with E-state index in [9.17, 15) is 14.4 Å². The number of cyclic esters (lactones) is 1. The zero-order valence-electron chi connectivity index (χ0n) is 40.7. The molecule has 360 valence electrons. The third kappa shape index (κ3) is 10.2. The molecule has 66 heavy (non-hydrogen) atoms. The van der Waals surface area contributed by atoms with Gasteiger partial charge in [0.1, 0.15) is 23.2 Å². The van der Waals surface area contributed by atoms with Crippen molar-refractivity contribution in [3.8, 4) is 11.3 Å². The van der Waals surface area contributed by atoms with Gasteiger partial charge >= 0.3 is 5.97 Å². The predicted molar refractivity (Wildman–Crippen MR) is 260 cm³/mol. The van der Waals surface area contributed by atoms with Crippen LogP contribution < -0.4 is 15.6 Å². The highest BCUT2D eigenvalue weighted by Crippen LogP contribution is 2.46. The van der Waals surface area contributed by atoms with Crippen LogP contribution >= 0.6 is 11.8 Å². The number of likely N-dealkylation sites (N-methyl/N-ethyl adjacent to an activating group) is 1. The maximum absolute atomic E-state index is 14.7. The standard InChI is InChI=1S/C50H72N8O7S/c1-11-63-45-43(53-46(59)41-30(4)31(41)5)48(60)58-16-12-13-38(54-58)49(61)65-28-50(7,8)25-37-35-23-33(39-27-66-47(45)52-39)14-15-40(35)57(21-22-64-29(2)3)44(37)36-24-34(26-51-42(36)32(6)62-10)56-19-17-55(9)18-20-56/h14-15,23-24,26,29-32,38-39,41,43,45,54H,11-13,16-22,25,27-28H2,1-10H3,(H,53,59)/t30-,31+,32-,38-,39?,41+,43-,45-/m0/s1. The molecule has 16 heteroatoms. The Bertz CT molecular complexity index is 2280. The second-order valence-corrected chi connectivity index (χ2v) is 21.2. The number of hydrazine groups is 1. The van der Waals surface area contributed by atoms with E-state index in [0.717, 1.165) is 70.8 Å². The van der Waals surface area contributed by atoms with Crippen molar-refractivity contribution in [3.63, 3.8) is 0 Å². The van der Waals surface area contributed by atoms with Crippen LogP contribution in [0.25, 0.3) is 22.2 Å². The van der Waals surface area contributed by atoms with Crippen LogP contribution in [0.4, 0.5) is 5.69 Å². The van der Waals surface area contributed by atoms with Crippen LogP contribution in [0.15, 0.2) is 35.5 Å². The molecule has 2 aromatic heterocycles. The average Bonchev–Trinajstić information content (AvgIpc) is 3.56. The van der Waals surface area contributed by atoms with Crippen molar-refractivity contribution in [1.82, 2.24) is 30.2 Å². The van der Waals surface area contributed by atoms with Crippen molar-refractivity contribution in [2.75, 3.05) is 77.4 Å². The number of rotatable bonds is 12. The summed E-state index contributed by atoms with van der Waals surface area (Å²) in [6, 6.07) is 6.93. The van der Waals surface area contributed by atoms with Crippen molar-refractivity contribution in [2.24, 2.45) is 28.2 Å². The molecule has 8 atom stereocenters. The molecular formula is C50H72N8O7S. The third-order valence-electron chi connectivity index (χ3n) is 14.4. The summed E-state index contributed by atoms with van der Waals surface area (Å²) in [7, 11) is 3.89. The number of esters is 1. The summed E-state index contributed by atoms with van der Waals surface area (Å²) >= 11 is 1.57. The number of aromatic nitrogens is 2. The monoisotopic (exact) mass is 929 g/mol. The first-order valence-electron chi connectivity index (χ1n) is 24.2. The summed E-state index contributed by atoms with van der Waals surface area (Å²) in [6.07, 6.45) is 2.60. The fourth-order valence-electron chi connectivity index (χ4n) is 10.1. The Morgan fingerprint density at radius 3 is 2.53 bits per heavy atom. The summed E-state index contributed by atoms with van der Waals surface area (Å²) in [6.45, 7) is 22.1. The SMILES string of the molecule is CCO[C@@H]1C2=NC(CS2)c2ccc3c(c2)c(c(-c2cc(N4CCN(C)CC4)cnc2[C@H](C)OC)n3CCOC(C)C)CC(C)(C)COC(=O)[C@@H]2CCCN(N2)C(=O)[C@H]1NC(=O)[C@H]1[C@H](C)[C@@H]1C. The van der Waals surface area contributed by atoms with E-state index in [2.05, 4.69) is 98.0 Å². The van der Waals surface area contributed by atoms with E-state index in [1.54, 1.807) is 18.9 Å². The van der Waals surface area contributed by atoms with Crippen LogP contribution in [-0.2, 0) is 46.3 Å². The number of amides is 2. The Kier molecular flexibility index (Phi) is 14.9. The molecule has 8 rings (SSSR count). The van der Waals surface area contributed by atoms with Gasteiger partial charge in [0, 0.05) is 86.5 Å². The molecule has 1 saturated carbocycles. The topological polar surface area (TPSA) is 152 Å². The van der Waals surface area contributed by atoms with E-state index in [0.29, 0.717) is 56.4 Å². The van der Waals surface area contributed by atoms with E-state index in [-0.39, 0.29) is 54.4 Å². The fourth-order valence-corrected chi connectivity index (χ4v) is 11.3. The molecule has 2 saturated heterocycles. The molecular weight excluding hydrogens is 857 g/mol. The van der Waals surface area contributed by atoms with Crippen LogP contribution in [0.3, 0.4) is 0 Å². The molecule has 5 aliphatic rings. The molecule has 4 aliphatic heterocycles. The summed E-state index contributed by atoms with van der Waals surface area (Å²) < 4.78 is 27.4. The molecule has 6 heterocycles. The van der Waals surface area contributed by atoms with E-state index >= 15 is 0 Å². The first kappa shape index (κ1) is 48.4. The van der Waals surface area contributed by atoms with Crippen LogP contribution in [0.1, 0.15) is 97.2 Å². The quantitative estimate of drug-likeness (QED) is 0.200. The minimum atomic E-state index is -1.06. The average molecular weight is 929 g/mol. The van der Waals surface area contributed by atoms with E-state index in [1.807, 2.05) is 20.0 Å². The van der Waals surface area contributed by atoms with Gasteiger partial charge in [-0.25, -0.2) is 5.43 Å². The van der Waals surface area contributed by atoms with Gasteiger partial charge in [-0.15, -0.1) is 11.8 Å². The van der Waals surface area contributed by atoms with Crippen LogP contribution in [0.2, 0.25) is 0 Å². The van der Waals surface area contributed by atoms with Crippen molar-refractivity contribution < 1.29 is 33.3 Å². The molecule has 2 amide bonds. The number of aliphatic imine (C=N–C) groups is 1. The number of hydrogen-bond acceptors (Lipinski definition) is 13. The summed E-state index contributed by atoms with van der Waals surface area (Å²) in [5.41, 5.74) is 9.88. The summed E-state index contributed by atoms with van der Waals surface area (Å²) in [5, 5.41) is 6.37. The molecule has 0 spiro atoms. The smallest absolute Gasteiger partial charge is 0.324 e. The van der Waals surface area contributed by atoms with E-state index in [4.69, 9.17) is 28.9 Å². The molecule has 1 aromatic carbocycles. The summed E-state index contributed by atoms with van der Waals surface area (Å²) in [4.78, 5) is 57.9. The number of methoxy groups -OCH3 is 1. The number of anilines is 1. The Morgan fingerprint density at radius 1 is 1.08 bits per heavy atom. The van der Waals surface area contributed by atoms with Gasteiger partial charge in [-0.2, -0.15) is 0 Å². The van der Waals surface area contributed by atoms with Crippen molar-refractivity contribution in [1.29, 1.82) is 0 Å². The molecule has 3 aromatic rings. The number of fused-ring (bicyclic) bond motifs is 5. The number of carbonyl (C=O) groups is 3. The number of nitrogens with one attached hydrogen (secondary N) is 2. The lowest BCUT2D eigenvalue weighted by Gasteiger charge is -2.37. The number of nitrogens with zero attached hydrogens (tertiary/aromatic N) is 6. The zero-order chi connectivity index (χ0) is 47.0. The van der Waals surface area contributed by atoms with Gasteiger partial charge in [0.15, 0.2) is 0 Å². The predicted octanol–water partition coefficient (Wildman–Crippen LogP) is 6.19. The molecule has 0 radical (unpaired) electrons. The minimum Gasteiger partial charge on any atom is -0.464 e. The maximum Gasteiger partial charge on any atom is 0.324 e. The Labute approximate surface area is 395 Å². The Hall–Kier alpha value is -4.06. The first-order valence-corrected chi connectivity index (χ1v) is 25.2. The second-order valence-electron chi connectivity index (χ2n) is 20.1. The normalized spacial score (nSPS) is 27.7. The Morgan fingerprint density at radius 2 is 1.83 bits per heavy atom. The highest BCUT2D eigenvalue weighted by atomic mass is 32.2. The van der Waals surface area contributed by atoms with E-state index < -0.39 is 29.6 Å². The number of pyridine rings is 1. The molecule has 3 fully saturated rings. The van der Waals surface area contributed by atoms with Gasteiger partial charge in [-0.3, -0.25) is 29.4 Å².